The Kier molecular flexibility index (Phi) is 6.02. The first-order valence-corrected chi connectivity index (χ1v) is 1.32. The van der Waals surface area contributed by atoms with Gasteiger partial charge in [-0.25, -0.2) is 4.79 Å². The van der Waals surface area contributed by atoms with E-state index in [1.54, 1.807) is 0 Å². The van der Waals surface area contributed by atoms with Crippen molar-refractivity contribution in [1.29, 1.82) is 0 Å². The molecule has 0 aliphatic heterocycles. The van der Waals surface area contributed by atoms with Gasteiger partial charge in [-0.2, -0.15) is 0 Å². The Bertz CT molecular complexity index is 78.9. The van der Waals surface area contributed by atoms with E-state index in [1.807, 2.05) is 0 Å². The number of aliphatic carboxylic acids is 1. The fourth-order valence-electron chi connectivity index (χ4n) is 0. The minimum absolute atomic E-state index is 0. The Morgan fingerprint density at radius 3 is 1.86 bits per heavy atom. The van der Waals surface area contributed by atoms with E-state index < -0.39 is 5.97 Å². The summed E-state index contributed by atoms with van der Waals surface area (Å²) in [5.74, 6) is -1.16. The topological polar surface area (TPSA) is 63.3 Å². The van der Waals surface area contributed by atoms with Crippen LogP contribution in [0.4, 0.5) is 0 Å². The molecule has 3 nitrogen and oxygen atoms in total. The van der Waals surface area contributed by atoms with Crippen molar-refractivity contribution >= 4 is 35.5 Å². The zero-order valence-electron chi connectivity index (χ0n) is 3.14. The van der Waals surface area contributed by atoms with Gasteiger partial charge in [0.15, 0.2) is 0 Å². The van der Waals surface area contributed by atoms with Gasteiger partial charge in [-0.3, -0.25) is 0 Å². The van der Waals surface area contributed by atoms with Gasteiger partial charge in [-0.1, -0.05) is 6.58 Å². The zero-order chi connectivity index (χ0) is 5.15. The molecular formula is C3H6NNaO2. The molecule has 3 N–H and O–H groups in total. The van der Waals surface area contributed by atoms with E-state index in [0.717, 1.165) is 0 Å². The Hall–Kier alpha value is 0.0100. The molecule has 0 aromatic carbocycles. The van der Waals surface area contributed by atoms with Gasteiger partial charge >= 0.3 is 35.5 Å². The van der Waals surface area contributed by atoms with E-state index in [1.165, 1.54) is 0 Å². The summed E-state index contributed by atoms with van der Waals surface area (Å²) in [4.78, 5) is 9.47. The molecule has 0 bridgehead atoms. The number of hydrogen-bond donors (Lipinski definition) is 2. The van der Waals surface area contributed by atoms with Crippen LogP contribution in [0, 0.1) is 0 Å². The van der Waals surface area contributed by atoms with Crippen LogP contribution in [-0.2, 0) is 4.79 Å². The molecule has 0 heterocycles. The van der Waals surface area contributed by atoms with Crippen molar-refractivity contribution < 1.29 is 9.90 Å². The molecular weight excluding hydrogens is 105 g/mol. The number of carbonyl (C=O) groups is 1. The van der Waals surface area contributed by atoms with Gasteiger partial charge in [0.2, 0.25) is 0 Å². The first kappa shape index (κ1) is 10.1. The Labute approximate surface area is 63.5 Å². The Morgan fingerprint density at radius 1 is 1.71 bits per heavy atom. The summed E-state index contributed by atoms with van der Waals surface area (Å²) >= 11 is 0. The second kappa shape index (κ2) is 4.18. The summed E-state index contributed by atoms with van der Waals surface area (Å²) in [6.45, 7) is 2.93. The third-order valence-corrected chi connectivity index (χ3v) is 0.275. The number of nitrogens with two attached hydrogens (primary N) is 1. The van der Waals surface area contributed by atoms with Crippen LogP contribution in [0.1, 0.15) is 0 Å². The van der Waals surface area contributed by atoms with Crippen LogP contribution in [-0.4, -0.2) is 40.6 Å². The fourth-order valence-corrected chi connectivity index (χ4v) is 0. The molecule has 0 saturated heterocycles. The summed E-state index contributed by atoms with van der Waals surface area (Å²) in [5, 5.41) is 7.77. The van der Waals surface area contributed by atoms with Crippen LogP contribution in [0.3, 0.4) is 0 Å². The molecule has 0 rings (SSSR count). The summed E-state index contributed by atoms with van der Waals surface area (Å²) < 4.78 is 0. The van der Waals surface area contributed by atoms with E-state index >= 15 is 0 Å². The van der Waals surface area contributed by atoms with Crippen molar-refractivity contribution in [3.8, 4) is 0 Å². The van der Waals surface area contributed by atoms with E-state index in [0.29, 0.717) is 0 Å². The summed E-state index contributed by atoms with van der Waals surface area (Å²) in [6, 6.07) is 0. The van der Waals surface area contributed by atoms with Crippen molar-refractivity contribution in [3.05, 3.63) is 12.3 Å². The van der Waals surface area contributed by atoms with Crippen LogP contribution in [0.5, 0.6) is 0 Å². The standard InChI is InChI=1S/C3H5NO2.Na.H/c1-2(4)3(5)6;;/h1,4H2,(H,5,6);;. The molecule has 0 fully saturated rings. The Balaban J connectivity index is 0. The van der Waals surface area contributed by atoms with Gasteiger partial charge in [-0.15, -0.1) is 0 Å². The average Bonchev–Trinajstić information content (AvgIpc) is 1.36. The SMILES string of the molecule is C=C(N)C(=O)O.[NaH]. The van der Waals surface area contributed by atoms with Gasteiger partial charge in [0.25, 0.3) is 0 Å². The summed E-state index contributed by atoms with van der Waals surface area (Å²) in [6.07, 6.45) is 0. The van der Waals surface area contributed by atoms with Crippen molar-refractivity contribution in [2.45, 2.75) is 0 Å². The molecule has 0 aromatic heterocycles. The first-order valence-electron chi connectivity index (χ1n) is 1.32. The van der Waals surface area contributed by atoms with Gasteiger partial charge < -0.3 is 10.8 Å². The third-order valence-electron chi connectivity index (χ3n) is 0.275. The summed E-state index contributed by atoms with van der Waals surface area (Å²) in [5.41, 5.74) is 4.32. The second-order valence-corrected chi connectivity index (χ2v) is 0.830. The molecule has 0 radical (unpaired) electrons. The van der Waals surface area contributed by atoms with Gasteiger partial charge in [0.1, 0.15) is 5.70 Å². The number of hydrogen-bond acceptors (Lipinski definition) is 2. The van der Waals surface area contributed by atoms with Crippen molar-refractivity contribution in [3.63, 3.8) is 0 Å². The maximum absolute atomic E-state index is 9.47. The first-order chi connectivity index (χ1) is 2.64. The van der Waals surface area contributed by atoms with Gasteiger partial charge in [0, 0.05) is 0 Å². The van der Waals surface area contributed by atoms with E-state index in [-0.39, 0.29) is 35.3 Å². The maximum atomic E-state index is 9.47. The molecule has 0 saturated carbocycles. The Morgan fingerprint density at radius 2 is 1.86 bits per heavy atom. The van der Waals surface area contributed by atoms with Crippen LogP contribution in [0.2, 0.25) is 0 Å². The molecule has 0 aliphatic rings. The number of carboxylic acid groups (broad SMARTS) is 1. The minimum atomic E-state index is -1.16. The molecule has 7 heavy (non-hydrogen) atoms. The van der Waals surface area contributed by atoms with Crippen molar-refractivity contribution in [2.24, 2.45) is 5.73 Å². The third kappa shape index (κ3) is 6.01. The van der Waals surface area contributed by atoms with E-state index in [2.05, 4.69) is 12.3 Å². The van der Waals surface area contributed by atoms with E-state index in [9.17, 15) is 4.79 Å². The molecule has 0 atom stereocenters. The second-order valence-electron chi connectivity index (χ2n) is 0.830. The predicted octanol–water partition coefficient (Wildman–Crippen LogP) is -1.11. The monoisotopic (exact) mass is 111 g/mol. The quantitative estimate of drug-likeness (QED) is 0.333. The zero-order valence-corrected chi connectivity index (χ0v) is 3.14. The van der Waals surface area contributed by atoms with Crippen LogP contribution in [0.15, 0.2) is 12.3 Å². The van der Waals surface area contributed by atoms with Crippen LogP contribution in [0.25, 0.3) is 0 Å². The summed E-state index contributed by atoms with van der Waals surface area (Å²) in [7, 11) is 0. The van der Waals surface area contributed by atoms with Crippen molar-refractivity contribution in [1.82, 2.24) is 0 Å². The molecule has 36 valence electrons. The molecule has 0 aliphatic carbocycles. The molecule has 0 unspecified atom stereocenters. The van der Waals surface area contributed by atoms with Crippen molar-refractivity contribution in [2.75, 3.05) is 0 Å². The fraction of sp³-hybridized carbons (Fsp3) is 0. The number of carboxylic acids is 1. The molecule has 4 heteroatoms. The van der Waals surface area contributed by atoms with Gasteiger partial charge in [-0.05, 0) is 0 Å². The average molecular weight is 111 g/mol. The molecule has 0 amide bonds. The molecule has 0 aromatic rings. The van der Waals surface area contributed by atoms with Gasteiger partial charge in [0.05, 0.1) is 0 Å². The number of rotatable bonds is 1. The van der Waals surface area contributed by atoms with Crippen LogP contribution >= 0.6 is 0 Å². The predicted molar refractivity (Wildman–Crippen MR) is 28.1 cm³/mol. The van der Waals surface area contributed by atoms with Crippen LogP contribution < -0.4 is 5.73 Å². The molecule has 0 spiro atoms. The van der Waals surface area contributed by atoms with E-state index in [4.69, 9.17) is 5.11 Å². The normalized spacial score (nSPS) is 6.29.